The molecule has 4 nitrogen and oxygen atoms in total. The summed E-state index contributed by atoms with van der Waals surface area (Å²) in [5.74, 6) is 1.64. The molecular formula is C12H21N3OS. The smallest absolute Gasteiger partial charge is 0.230 e. The van der Waals surface area contributed by atoms with Crippen LogP contribution in [0.5, 0.6) is 5.88 Å². The van der Waals surface area contributed by atoms with Crippen molar-refractivity contribution in [2.75, 3.05) is 26.1 Å². The molecule has 0 spiro atoms. The first-order valence-electron chi connectivity index (χ1n) is 6.06. The number of methoxy groups -OCH3 is 1. The summed E-state index contributed by atoms with van der Waals surface area (Å²) in [5, 5.41) is 4.56. The number of nitrogens with zero attached hydrogens (tertiary/aromatic N) is 2. The van der Waals surface area contributed by atoms with Gasteiger partial charge in [-0.25, -0.2) is 0 Å². The van der Waals surface area contributed by atoms with E-state index in [1.807, 2.05) is 19.0 Å². The summed E-state index contributed by atoms with van der Waals surface area (Å²) < 4.78 is 5.32. The van der Waals surface area contributed by atoms with Crippen LogP contribution in [0, 0.1) is 5.92 Å². The molecule has 2 rings (SSSR count). The van der Waals surface area contributed by atoms with E-state index in [9.17, 15) is 0 Å². The van der Waals surface area contributed by atoms with Gasteiger partial charge in [0.2, 0.25) is 5.88 Å². The molecule has 0 radical (unpaired) electrons. The molecule has 5 heteroatoms. The summed E-state index contributed by atoms with van der Waals surface area (Å²) in [7, 11) is 5.69. The zero-order chi connectivity index (χ0) is 12.4. The Kier molecular flexibility index (Phi) is 3.89. The number of thiazole rings is 1. The topological polar surface area (TPSA) is 37.4 Å². The molecule has 0 aliphatic heterocycles. The first-order chi connectivity index (χ1) is 8.11. The van der Waals surface area contributed by atoms with Crippen LogP contribution < -0.4 is 15.0 Å². The Morgan fingerprint density at radius 3 is 2.76 bits per heavy atom. The number of hydrogen-bond acceptors (Lipinski definition) is 5. The van der Waals surface area contributed by atoms with Gasteiger partial charge in [0, 0.05) is 26.7 Å². The summed E-state index contributed by atoms with van der Waals surface area (Å²) in [4.78, 5) is 7.65. The number of nitrogens with one attached hydrogen (secondary N) is 1. The fourth-order valence-electron chi connectivity index (χ4n) is 1.80. The lowest BCUT2D eigenvalue weighted by molar-refractivity contribution is 0.392. The third-order valence-electron chi connectivity index (χ3n) is 3.14. The van der Waals surface area contributed by atoms with Crippen LogP contribution in [-0.4, -0.2) is 32.2 Å². The first kappa shape index (κ1) is 12.6. The molecule has 0 bridgehead atoms. The fraction of sp³-hybridized carbons (Fsp3) is 0.750. The van der Waals surface area contributed by atoms with Crippen molar-refractivity contribution in [3.8, 4) is 5.88 Å². The predicted molar refractivity (Wildman–Crippen MR) is 72.0 cm³/mol. The number of rotatable bonds is 6. The average Bonchev–Trinajstić information content (AvgIpc) is 3.06. The molecule has 0 amide bonds. The molecule has 0 saturated heterocycles. The van der Waals surface area contributed by atoms with Gasteiger partial charge in [-0.05, 0) is 25.7 Å². The Labute approximate surface area is 107 Å². The number of hydrogen-bond donors (Lipinski definition) is 1. The number of ether oxygens (including phenoxy) is 1. The van der Waals surface area contributed by atoms with E-state index in [4.69, 9.17) is 4.74 Å². The molecule has 17 heavy (non-hydrogen) atoms. The molecule has 1 fully saturated rings. The summed E-state index contributed by atoms with van der Waals surface area (Å²) in [5.41, 5.74) is 0. The standard InChI is InChI=1S/C12H21N3OS/c1-8(9-5-6-9)13-7-10-11(16-4)14-12(17-10)15(2)3/h8-9,13H,5-7H2,1-4H3. The molecule has 1 aliphatic carbocycles. The Morgan fingerprint density at radius 2 is 2.24 bits per heavy atom. The van der Waals surface area contributed by atoms with Gasteiger partial charge in [-0.2, -0.15) is 4.98 Å². The SMILES string of the molecule is COc1nc(N(C)C)sc1CNC(C)C1CC1. The monoisotopic (exact) mass is 255 g/mol. The van der Waals surface area contributed by atoms with Crippen molar-refractivity contribution in [2.45, 2.75) is 32.4 Å². The van der Waals surface area contributed by atoms with E-state index in [-0.39, 0.29) is 0 Å². The van der Waals surface area contributed by atoms with Gasteiger partial charge in [-0.1, -0.05) is 11.3 Å². The number of aromatic nitrogens is 1. The molecule has 1 aromatic heterocycles. The second-order valence-electron chi connectivity index (χ2n) is 4.83. The Balaban J connectivity index is 1.98. The van der Waals surface area contributed by atoms with Crippen LogP contribution in [0.15, 0.2) is 0 Å². The number of anilines is 1. The zero-order valence-corrected chi connectivity index (χ0v) is 11.8. The minimum atomic E-state index is 0.601. The highest BCUT2D eigenvalue weighted by Gasteiger charge is 2.27. The molecule has 1 aromatic rings. The molecule has 0 aromatic carbocycles. The van der Waals surface area contributed by atoms with Gasteiger partial charge >= 0.3 is 0 Å². The first-order valence-corrected chi connectivity index (χ1v) is 6.88. The Morgan fingerprint density at radius 1 is 1.53 bits per heavy atom. The molecule has 1 unspecified atom stereocenters. The van der Waals surface area contributed by atoms with Crippen LogP contribution in [-0.2, 0) is 6.54 Å². The molecular weight excluding hydrogens is 234 g/mol. The molecule has 1 atom stereocenters. The maximum absolute atomic E-state index is 5.32. The van der Waals surface area contributed by atoms with E-state index in [0.29, 0.717) is 6.04 Å². The van der Waals surface area contributed by atoms with Crippen molar-refractivity contribution in [1.82, 2.24) is 10.3 Å². The van der Waals surface area contributed by atoms with Gasteiger partial charge in [0.1, 0.15) is 0 Å². The molecule has 1 heterocycles. The van der Waals surface area contributed by atoms with Crippen molar-refractivity contribution in [1.29, 1.82) is 0 Å². The highest BCUT2D eigenvalue weighted by Crippen LogP contribution is 2.34. The van der Waals surface area contributed by atoms with E-state index in [1.165, 1.54) is 17.7 Å². The largest absolute Gasteiger partial charge is 0.480 e. The average molecular weight is 255 g/mol. The van der Waals surface area contributed by atoms with E-state index < -0.39 is 0 Å². The van der Waals surface area contributed by atoms with Crippen LogP contribution in [0.25, 0.3) is 0 Å². The second kappa shape index (κ2) is 5.23. The van der Waals surface area contributed by atoms with E-state index >= 15 is 0 Å². The van der Waals surface area contributed by atoms with Crippen molar-refractivity contribution in [3.05, 3.63) is 4.88 Å². The Bertz CT molecular complexity index is 374. The van der Waals surface area contributed by atoms with Crippen LogP contribution in [0.3, 0.4) is 0 Å². The van der Waals surface area contributed by atoms with E-state index in [2.05, 4.69) is 17.2 Å². The van der Waals surface area contributed by atoms with E-state index in [1.54, 1.807) is 18.4 Å². The van der Waals surface area contributed by atoms with Crippen LogP contribution in [0.2, 0.25) is 0 Å². The minimum Gasteiger partial charge on any atom is -0.480 e. The van der Waals surface area contributed by atoms with Crippen molar-refractivity contribution >= 4 is 16.5 Å². The maximum atomic E-state index is 5.32. The lowest BCUT2D eigenvalue weighted by atomic mass is 10.2. The van der Waals surface area contributed by atoms with Gasteiger partial charge in [-0.15, -0.1) is 0 Å². The molecule has 1 saturated carbocycles. The third-order valence-corrected chi connectivity index (χ3v) is 4.34. The Hall–Kier alpha value is -0.810. The molecule has 1 N–H and O–H groups in total. The van der Waals surface area contributed by atoms with Gasteiger partial charge in [-0.3, -0.25) is 0 Å². The van der Waals surface area contributed by atoms with Crippen molar-refractivity contribution in [2.24, 2.45) is 5.92 Å². The zero-order valence-electron chi connectivity index (χ0n) is 11.0. The third kappa shape index (κ3) is 3.10. The van der Waals surface area contributed by atoms with Gasteiger partial charge < -0.3 is 15.0 Å². The van der Waals surface area contributed by atoms with Gasteiger partial charge in [0.15, 0.2) is 5.13 Å². The van der Waals surface area contributed by atoms with Crippen LogP contribution >= 0.6 is 11.3 Å². The lowest BCUT2D eigenvalue weighted by Crippen LogP contribution is -2.27. The van der Waals surface area contributed by atoms with E-state index in [0.717, 1.165) is 23.5 Å². The van der Waals surface area contributed by atoms with Crippen LogP contribution in [0.1, 0.15) is 24.6 Å². The highest BCUT2D eigenvalue weighted by atomic mass is 32.1. The summed E-state index contributed by atoms with van der Waals surface area (Å²) in [6, 6.07) is 0.601. The lowest BCUT2D eigenvalue weighted by Gasteiger charge is -2.11. The quantitative estimate of drug-likeness (QED) is 0.845. The minimum absolute atomic E-state index is 0.601. The highest BCUT2D eigenvalue weighted by molar-refractivity contribution is 7.15. The summed E-state index contributed by atoms with van der Waals surface area (Å²) in [6.07, 6.45) is 2.74. The van der Waals surface area contributed by atoms with Crippen molar-refractivity contribution < 1.29 is 4.74 Å². The van der Waals surface area contributed by atoms with Crippen molar-refractivity contribution in [3.63, 3.8) is 0 Å². The maximum Gasteiger partial charge on any atom is 0.230 e. The molecule has 1 aliphatic rings. The predicted octanol–water partition coefficient (Wildman–Crippen LogP) is 2.11. The van der Waals surface area contributed by atoms with Gasteiger partial charge in [0.05, 0.1) is 12.0 Å². The second-order valence-corrected chi connectivity index (χ2v) is 5.89. The van der Waals surface area contributed by atoms with Gasteiger partial charge in [0.25, 0.3) is 0 Å². The van der Waals surface area contributed by atoms with Crippen LogP contribution in [0.4, 0.5) is 5.13 Å². The molecule has 96 valence electrons. The fourth-order valence-corrected chi connectivity index (χ4v) is 2.71. The summed E-state index contributed by atoms with van der Waals surface area (Å²) >= 11 is 1.69. The normalized spacial score (nSPS) is 16.9. The summed E-state index contributed by atoms with van der Waals surface area (Å²) in [6.45, 7) is 3.12.